The molecule has 0 atom stereocenters. The number of rotatable bonds is 4. The summed E-state index contributed by atoms with van der Waals surface area (Å²) < 4.78 is 6.68. The maximum Gasteiger partial charge on any atom is 0.344 e. The molecule has 0 radical (unpaired) electrons. The molecule has 24 heavy (non-hydrogen) atoms. The summed E-state index contributed by atoms with van der Waals surface area (Å²) in [5.74, 6) is -0.276. The zero-order valence-electron chi connectivity index (χ0n) is 13.1. The fourth-order valence-electron chi connectivity index (χ4n) is 2.44. The minimum absolute atomic E-state index is 0.231. The number of halogens is 1. The number of ether oxygens (including phenoxy) is 1. The highest BCUT2D eigenvalue weighted by atomic mass is 35.5. The van der Waals surface area contributed by atoms with Gasteiger partial charge in [-0.15, -0.1) is 0 Å². The average Bonchev–Trinajstić information content (AvgIpc) is 2.93. The van der Waals surface area contributed by atoms with Crippen LogP contribution < -0.4 is 5.73 Å². The van der Waals surface area contributed by atoms with Crippen molar-refractivity contribution in [2.45, 2.75) is 6.92 Å². The molecule has 2 N–H and O–H groups in total. The van der Waals surface area contributed by atoms with Gasteiger partial charge in [-0.1, -0.05) is 41.9 Å². The van der Waals surface area contributed by atoms with Gasteiger partial charge >= 0.3 is 5.97 Å². The van der Waals surface area contributed by atoms with Crippen molar-refractivity contribution < 1.29 is 9.53 Å². The largest absolute Gasteiger partial charge is 0.462 e. The fourth-order valence-corrected chi connectivity index (χ4v) is 2.63. The van der Waals surface area contributed by atoms with E-state index < -0.39 is 5.97 Å². The molecule has 122 valence electrons. The smallest absolute Gasteiger partial charge is 0.344 e. The molecule has 0 aliphatic heterocycles. The van der Waals surface area contributed by atoms with E-state index in [1.54, 1.807) is 25.1 Å². The molecule has 0 aliphatic rings. The molecular formula is C18H16ClN3O2. The highest BCUT2D eigenvalue weighted by Gasteiger charge is 2.25. The number of nitrogen functional groups attached to an aromatic ring is 1. The Balaban J connectivity index is 2.21. The quantitative estimate of drug-likeness (QED) is 0.729. The molecule has 0 aliphatic carbocycles. The van der Waals surface area contributed by atoms with Gasteiger partial charge in [0.15, 0.2) is 0 Å². The second-order valence-corrected chi connectivity index (χ2v) is 5.52. The maximum atomic E-state index is 12.4. The van der Waals surface area contributed by atoms with E-state index >= 15 is 0 Å². The minimum atomic E-state index is -0.507. The van der Waals surface area contributed by atoms with Gasteiger partial charge in [0.05, 0.1) is 12.3 Å². The third-order valence-corrected chi connectivity index (χ3v) is 3.73. The second-order valence-electron chi connectivity index (χ2n) is 5.09. The number of hydrogen-bond donors (Lipinski definition) is 1. The molecular weight excluding hydrogens is 326 g/mol. The molecule has 1 aromatic heterocycles. The molecule has 0 saturated heterocycles. The third-order valence-electron chi connectivity index (χ3n) is 3.50. The van der Waals surface area contributed by atoms with Crippen molar-refractivity contribution in [1.82, 2.24) is 9.78 Å². The van der Waals surface area contributed by atoms with Gasteiger partial charge in [0.2, 0.25) is 0 Å². The lowest BCUT2D eigenvalue weighted by atomic mass is 10.1. The second kappa shape index (κ2) is 6.76. The fraction of sp³-hybridized carbons (Fsp3) is 0.111. The Bertz CT molecular complexity index is 875. The minimum Gasteiger partial charge on any atom is -0.462 e. The van der Waals surface area contributed by atoms with Crippen molar-refractivity contribution in [1.29, 1.82) is 0 Å². The van der Waals surface area contributed by atoms with Gasteiger partial charge < -0.3 is 10.5 Å². The first kappa shape index (κ1) is 16.1. The molecule has 3 aromatic rings. The Labute approximate surface area is 144 Å². The van der Waals surface area contributed by atoms with Crippen molar-refractivity contribution in [3.8, 4) is 16.9 Å². The zero-order chi connectivity index (χ0) is 17.1. The summed E-state index contributed by atoms with van der Waals surface area (Å²) in [6.07, 6.45) is 0. The van der Waals surface area contributed by atoms with E-state index in [0.29, 0.717) is 16.3 Å². The Morgan fingerprint density at radius 1 is 1.21 bits per heavy atom. The van der Waals surface area contributed by atoms with E-state index in [2.05, 4.69) is 5.10 Å². The zero-order valence-corrected chi connectivity index (χ0v) is 13.8. The molecule has 5 nitrogen and oxygen atoms in total. The molecule has 0 bridgehead atoms. The van der Waals surface area contributed by atoms with Crippen LogP contribution in [0.3, 0.4) is 0 Å². The summed E-state index contributed by atoms with van der Waals surface area (Å²) in [5, 5.41) is 5.08. The number of nitrogens with zero attached hydrogens (tertiary/aromatic N) is 2. The first-order chi connectivity index (χ1) is 11.6. The van der Waals surface area contributed by atoms with Gasteiger partial charge in [-0.05, 0) is 31.2 Å². The van der Waals surface area contributed by atoms with Crippen molar-refractivity contribution >= 4 is 23.4 Å². The van der Waals surface area contributed by atoms with E-state index in [4.69, 9.17) is 22.1 Å². The number of aromatic nitrogens is 2. The molecule has 0 unspecified atom stereocenters. The maximum absolute atomic E-state index is 12.4. The number of benzene rings is 2. The molecule has 1 heterocycles. The molecule has 2 aromatic carbocycles. The van der Waals surface area contributed by atoms with Crippen molar-refractivity contribution in [2.75, 3.05) is 12.3 Å². The normalized spacial score (nSPS) is 10.6. The van der Waals surface area contributed by atoms with Gasteiger partial charge in [0, 0.05) is 10.6 Å². The van der Waals surface area contributed by atoms with Crippen LogP contribution in [0.25, 0.3) is 16.9 Å². The van der Waals surface area contributed by atoms with Crippen LogP contribution in [0.1, 0.15) is 17.3 Å². The summed E-state index contributed by atoms with van der Waals surface area (Å²) in [5.41, 5.74) is 8.35. The number of esters is 1. The van der Waals surface area contributed by atoms with Crippen LogP contribution in [-0.4, -0.2) is 22.4 Å². The number of nitrogens with two attached hydrogens (primary N) is 1. The van der Waals surface area contributed by atoms with Gasteiger partial charge in [0.25, 0.3) is 0 Å². The summed E-state index contributed by atoms with van der Waals surface area (Å²) in [4.78, 5) is 12.4. The van der Waals surface area contributed by atoms with E-state index in [0.717, 1.165) is 5.69 Å². The van der Waals surface area contributed by atoms with Crippen molar-refractivity contribution in [2.24, 2.45) is 0 Å². The van der Waals surface area contributed by atoms with Crippen molar-refractivity contribution in [3.05, 3.63) is 65.2 Å². The van der Waals surface area contributed by atoms with E-state index in [1.807, 2.05) is 36.4 Å². The Hall–Kier alpha value is -2.79. The first-order valence-electron chi connectivity index (χ1n) is 7.48. The number of hydrogen-bond acceptors (Lipinski definition) is 4. The molecule has 0 saturated carbocycles. The Morgan fingerprint density at radius 2 is 1.96 bits per heavy atom. The molecule has 0 spiro atoms. The van der Waals surface area contributed by atoms with Crippen molar-refractivity contribution in [3.63, 3.8) is 0 Å². The van der Waals surface area contributed by atoms with E-state index in [9.17, 15) is 4.79 Å². The lowest BCUT2D eigenvalue weighted by Gasteiger charge is -2.05. The average molecular weight is 342 g/mol. The Morgan fingerprint density at radius 3 is 2.62 bits per heavy atom. The number of anilines is 1. The lowest BCUT2D eigenvalue weighted by molar-refractivity contribution is 0.0528. The molecule has 6 heteroatoms. The predicted molar refractivity (Wildman–Crippen MR) is 94.4 cm³/mol. The summed E-state index contributed by atoms with van der Waals surface area (Å²) in [6.45, 7) is 2.00. The van der Waals surface area contributed by atoms with E-state index in [-0.39, 0.29) is 18.0 Å². The lowest BCUT2D eigenvalue weighted by Crippen LogP contribution is -2.09. The van der Waals surface area contributed by atoms with Crippen LogP contribution in [-0.2, 0) is 4.74 Å². The SMILES string of the molecule is CCOC(=O)c1c(-c2cccc(Cl)c2)nn(-c2ccccc2)c1N. The van der Waals surface area contributed by atoms with Crippen LogP contribution >= 0.6 is 11.6 Å². The topological polar surface area (TPSA) is 70.1 Å². The number of carbonyl (C=O) groups excluding carboxylic acids is 1. The van der Waals surface area contributed by atoms with Crippen LogP contribution in [0.4, 0.5) is 5.82 Å². The standard InChI is InChI=1S/C18H16ClN3O2/c1-2-24-18(23)15-16(12-7-6-8-13(19)11-12)21-22(17(15)20)14-9-4-3-5-10-14/h3-11H,2,20H2,1H3. The monoisotopic (exact) mass is 341 g/mol. The van der Waals surface area contributed by atoms with Crippen LogP contribution in [0.2, 0.25) is 5.02 Å². The van der Waals surface area contributed by atoms with Crippen LogP contribution in [0, 0.1) is 0 Å². The van der Waals surface area contributed by atoms with Crippen LogP contribution in [0.5, 0.6) is 0 Å². The first-order valence-corrected chi connectivity index (χ1v) is 7.86. The van der Waals surface area contributed by atoms with Gasteiger partial charge in [-0.2, -0.15) is 5.10 Å². The van der Waals surface area contributed by atoms with Gasteiger partial charge in [-0.3, -0.25) is 0 Å². The highest BCUT2D eigenvalue weighted by molar-refractivity contribution is 6.30. The highest BCUT2D eigenvalue weighted by Crippen LogP contribution is 2.31. The molecule has 0 fully saturated rings. The molecule has 0 amide bonds. The predicted octanol–water partition coefficient (Wildman–Crippen LogP) is 3.95. The summed E-state index contributed by atoms with van der Waals surface area (Å²) in [6, 6.07) is 16.5. The number of para-hydroxylation sites is 1. The number of carbonyl (C=O) groups is 1. The van der Waals surface area contributed by atoms with Gasteiger partial charge in [0.1, 0.15) is 17.1 Å². The Kier molecular flexibility index (Phi) is 4.53. The summed E-state index contributed by atoms with van der Waals surface area (Å²) in [7, 11) is 0. The molecule has 3 rings (SSSR count). The summed E-state index contributed by atoms with van der Waals surface area (Å²) >= 11 is 6.07. The van der Waals surface area contributed by atoms with Crippen LogP contribution in [0.15, 0.2) is 54.6 Å². The van der Waals surface area contributed by atoms with E-state index in [1.165, 1.54) is 4.68 Å². The third kappa shape index (κ3) is 2.98. The van der Waals surface area contributed by atoms with Gasteiger partial charge in [-0.25, -0.2) is 9.48 Å².